The molecule has 2 aromatic rings. The number of nitrogens with one attached hydrogen (secondary N) is 1. The number of aliphatic hydroxyl groups is 2. The summed E-state index contributed by atoms with van der Waals surface area (Å²) in [7, 11) is -3.58. The average Bonchev–Trinajstić information content (AvgIpc) is 3.39. The standard InChI is InChI=1S/C31H43F5N6O5S2/c1-49(46,47)41-11-6-26-24(19-41)29(38-42(26)18-23(44)17-40-9-4-22(5-10-40)37-28(45)20-43)21-2-3-25(31(34,35)36)27(16-21)48-15-14-39-12-7-30(32,33)8-13-39/h2-3,16,22-23,43-44H,4-15,17-20H2,1H3,(H,37,45). The molecule has 0 radical (unpaired) electrons. The topological polar surface area (TPSA) is 131 Å². The Morgan fingerprint density at radius 2 is 1.80 bits per heavy atom. The number of sulfonamides is 1. The van der Waals surface area contributed by atoms with Gasteiger partial charge in [-0.1, -0.05) is 6.07 Å². The number of nitrogens with zero attached hydrogens (tertiary/aromatic N) is 5. The van der Waals surface area contributed by atoms with Crippen molar-refractivity contribution in [1.82, 2.24) is 29.2 Å². The maximum absolute atomic E-state index is 14.1. The summed E-state index contributed by atoms with van der Waals surface area (Å²) < 4.78 is 97.3. The van der Waals surface area contributed by atoms with Gasteiger partial charge < -0.3 is 25.3 Å². The number of alkyl halides is 5. The highest BCUT2D eigenvalue weighted by atomic mass is 32.2. The van der Waals surface area contributed by atoms with Gasteiger partial charge in [0.05, 0.1) is 30.2 Å². The van der Waals surface area contributed by atoms with Crippen LogP contribution in [0.2, 0.25) is 0 Å². The Morgan fingerprint density at radius 3 is 2.43 bits per heavy atom. The number of carbonyl (C=O) groups is 1. The number of carbonyl (C=O) groups excluding carboxylic acids is 1. The van der Waals surface area contributed by atoms with Crippen LogP contribution in [-0.2, 0) is 40.5 Å². The second kappa shape index (κ2) is 15.5. The van der Waals surface area contributed by atoms with Gasteiger partial charge in [-0.05, 0) is 25.0 Å². The van der Waals surface area contributed by atoms with Gasteiger partial charge in [0.15, 0.2) is 0 Å². The van der Waals surface area contributed by atoms with E-state index >= 15 is 0 Å². The monoisotopic (exact) mass is 738 g/mol. The second-order valence-electron chi connectivity index (χ2n) is 13.0. The van der Waals surface area contributed by atoms with Gasteiger partial charge in [0.2, 0.25) is 15.9 Å². The van der Waals surface area contributed by atoms with Crippen molar-refractivity contribution in [3.8, 4) is 11.3 Å². The largest absolute Gasteiger partial charge is 0.417 e. The van der Waals surface area contributed by atoms with E-state index in [0.29, 0.717) is 68.0 Å². The van der Waals surface area contributed by atoms with E-state index < -0.39 is 46.3 Å². The van der Waals surface area contributed by atoms with Crippen LogP contribution in [-0.4, -0.2) is 131 Å². The zero-order valence-corrected chi connectivity index (χ0v) is 28.9. The predicted molar refractivity (Wildman–Crippen MR) is 174 cm³/mol. The number of rotatable bonds is 12. The summed E-state index contributed by atoms with van der Waals surface area (Å²) in [5.41, 5.74) is 1.15. The van der Waals surface area contributed by atoms with E-state index in [1.54, 1.807) is 4.68 Å². The molecule has 1 aromatic carbocycles. The van der Waals surface area contributed by atoms with Crippen molar-refractivity contribution < 1.29 is 45.4 Å². The van der Waals surface area contributed by atoms with Crippen LogP contribution < -0.4 is 5.32 Å². The Morgan fingerprint density at radius 1 is 1.10 bits per heavy atom. The highest BCUT2D eigenvalue weighted by molar-refractivity contribution is 7.99. The maximum atomic E-state index is 14.1. The number of halogens is 5. The van der Waals surface area contributed by atoms with Crippen LogP contribution in [0.4, 0.5) is 22.0 Å². The summed E-state index contributed by atoms with van der Waals surface area (Å²) in [6.07, 6.45) is -3.35. The third kappa shape index (κ3) is 9.92. The fourth-order valence-corrected chi connectivity index (χ4v) is 8.54. The number of benzene rings is 1. The first-order valence-corrected chi connectivity index (χ1v) is 19.1. The van der Waals surface area contributed by atoms with Crippen LogP contribution in [0.5, 0.6) is 0 Å². The molecule has 3 aliphatic rings. The van der Waals surface area contributed by atoms with Crippen molar-refractivity contribution in [3.05, 3.63) is 35.0 Å². The Kier molecular flexibility index (Phi) is 12.0. The van der Waals surface area contributed by atoms with Gasteiger partial charge in [-0.2, -0.15) is 22.6 Å². The molecule has 0 aliphatic carbocycles. The molecule has 0 spiro atoms. The summed E-state index contributed by atoms with van der Waals surface area (Å²) in [6.45, 7) is 1.93. The number of piperidine rings is 2. The summed E-state index contributed by atoms with van der Waals surface area (Å²) in [6, 6.07) is 3.65. The number of thioether (sulfide) groups is 1. The predicted octanol–water partition coefficient (Wildman–Crippen LogP) is 2.64. The minimum atomic E-state index is -4.64. The van der Waals surface area contributed by atoms with Gasteiger partial charge in [-0.25, -0.2) is 17.2 Å². The van der Waals surface area contributed by atoms with Gasteiger partial charge in [-0.15, -0.1) is 11.8 Å². The van der Waals surface area contributed by atoms with E-state index in [-0.39, 0.29) is 62.3 Å². The molecular formula is C31H43F5N6O5S2. The molecule has 4 heterocycles. The highest BCUT2D eigenvalue weighted by Gasteiger charge is 2.36. The van der Waals surface area contributed by atoms with E-state index in [1.807, 2.05) is 4.90 Å². The molecule has 11 nitrogen and oxygen atoms in total. The number of hydrogen-bond donors (Lipinski definition) is 3. The molecule has 1 aromatic heterocycles. The lowest BCUT2D eigenvalue weighted by atomic mass is 10.0. The first-order valence-electron chi connectivity index (χ1n) is 16.3. The zero-order valence-electron chi connectivity index (χ0n) is 27.3. The molecule has 0 saturated carbocycles. The van der Waals surface area contributed by atoms with Crippen molar-refractivity contribution >= 4 is 27.7 Å². The van der Waals surface area contributed by atoms with E-state index in [2.05, 4.69) is 10.2 Å². The Hall–Kier alpha value is -2.35. The van der Waals surface area contributed by atoms with Gasteiger partial charge in [-0.3, -0.25) is 9.48 Å². The minimum Gasteiger partial charge on any atom is -0.390 e. The van der Waals surface area contributed by atoms with E-state index in [9.17, 15) is 40.3 Å². The number of β-amino-alcohol motifs (C(OH)–C–C–N with tert-alkyl or cyclic N) is 1. The second-order valence-corrected chi connectivity index (χ2v) is 16.1. The quantitative estimate of drug-likeness (QED) is 0.222. The number of likely N-dealkylation sites (tertiary alicyclic amines) is 2. The van der Waals surface area contributed by atoms with Crippen molar-refractivity contribution in [1.29, 1.82) is 0 Å². The molecule has 2 saturated heterocycles. The SMILES string of the molecule is CS(=O)(=O)N1CCc2c(c(-c3ccc(C(F)(F)F)c(SCCN4CCC(F)(F)CC4)c3)nn2CC(O)CN2CCC(NC(=O)CO)CC2)C1. The maximum Gasteiger partial charge on any atom is 0.417 e. The third-order valence-electron chi connectivity index (χ3n) is 9.33. The molecule has 1 atom stereocenters. The zero-order chi connectivity index (χ0) is 35.6. The van der Waals surface area contributed by atoms with Gasteiger partial charge in [0, 0.05) is 105 Å². The molecule has 2 fully saturated rings. The van der Waals surface area contributed by atoms with Crippen LogP contribution in [0, 0.1) is 0 Å². The molecule has 3 aliphatic heterocycles. The van der Waals surface area contributed by atoms with Crippen molar-refractivity contribution in [2.24, 2.45) is 0 Å². The van der Waals surface area contributed by atoms with Gasteiger partial charge in [0.25, 0.3) is 5.92 Å². The molecule has 3 N–H and O–H groups in total. The van der Waals surface area contributed by atoms with Crippen LogP contribution in [0.1, 0.15) is 42.5 Å². The molecule has 5 rings (SSSR count). The molecule has 49 heavy (non-hydrogen) atoms. The van der Waals surface area contributed by atoms with Crippen LogP contribution in [0.15, 0.2) is 23.1 Å². The first-order chi connectivity index (χ1) is 23.0. The first kappa shape index (κ1) is 37.9. The normalized spacial score (nSPS) is 20.7. The van der Waals surface area contributed by atoms with Gasteiger partial charge >= 0.3 is 6.18 Å². The van der Waals surface area contributed by atoms with E-state index in [0.717, 1.165) is 24.1 Å². The Labute approximate surface area is 286 Å². The van der Waals surface area contributed by atoms with Crippen LogP contribution >= 0.6 is 11.8 Å². The number of aromatic nitrogens is 2. The van der Waals surface area contributed by atoms with E-state index in [4.69, 9.17) is 10.2 Å². The highest BCUT2D eigenvalue weighted by Crippen LogP contribution is 2.40. The lowest BCUT2D eigenvalue weighted by Crippen LogP contribution is -2.47. The van der Waals surface area contributed by atoms with Crippen molar-refractivity contribution in [2.75, 3.05) is 64.4 Å². The molecule has 1 amide bonds. The molecule has 0 bridgehead atoms. The number of aliphatic hydroxyl groups excluding tert-OH is 2. The molecular weight excluding hydrogens is 696 g/mol. The number of fused-ring (bicyclic) bond motifs is 1. The molecule has 1 unspecified atom stereocenters. The lowest BCUT2D eigenvalue weighted by Gasteiger charge is -2.33. The molecule has 274 valence electrons. The summed E-state index contributed by atoms with van der Waals surface area (Å²) in [4.78, 5) is 15.4. The van der Waals surface area contributed by atoms with Gasteiger partial charge in [0.1, 0.15) is 6.61 Å². The summed E-state index contributed by atoms with van der Waals surface area (Å²) in [5, 5.41) is 27.6. The fourth-order valence-electron chi connectivity index (χ4n) is 6.63. The third-order valence-corrected chi connectivity index (χ3v) is 11.6. The smallest absolute Gasteiger partial charge is 0.390 e. The summed E-state index contributed by atoms with van der Waals surface area (Å²) in [5.74, 6) is -2.90. The number of hydrogen-bond acceptors (Lipinski definition) is 9. The Bertz CT molecular complexity index is 1570. The summed E-state index contributed by atoms with van der Waals surface area (Å²) >= 11 is 0.989. The van der Waals surface area contributed by atoms with Crippen molar-refractivity contribution in [3.63, 3.8) is 0 Å². The number of amides is 1. The van der Waals surface area contributed by atoms with E-state index in [1.165, 1.54) is 16.4 Å². The van der Waals surface area contributed by atoms with Crippen LogP contribution in [0.25, 0.3) is 11.3 Å². The lowest BCUT2D eigenvalue weighted by molar-refractivity contribution is -0.139. The minimum absolute atomic E-state index is 0.0181. The molecule has 18 heteroatoms. The fraction of sp³-hybridized carbons (Fsp3) is 0.677. The Balaban J connectivity index is 1.35. The van der Waals surface area contributed by atoms with Crippen molar-refractivity contribution in [2.45, 2.75) is 74.3 Å². The average molecular weight is 739 g/mol. The van der Waals surface area contributed by atoms with Crippen LogP contribution in [0.3, 0.4) is 0 Å².